The molecule has 80 valence electrons. The standard InChI is InChI=1S/C11H14N2O2/c1-6-8(9(14)15)7(2)13-10(12-6)11(3)4-5-11/h4-5H2,1-3H3,(H,14,15). The molecule has 0 saturated heterocycles. The fourth-order valence-electron chi connectivity index (χ4n) is 1.71. The summed E-state index contributed by atoms with van der Waals surface area (Å²) in [4.78, 5) is 19.5. The van der Waals surface area contributed by atoms with Crippen molar-refractivity contribution in [3.8, 4) is 0 Å². The summed E-state index contributed by atoms with van der Waals surface area (Å²) in [5.41, 5.74) is 1.46. The van der Waals surface area contributed by atoms with Crippen LogP contribution >= 0.6 is 0 Å². The highest BCUT2D eigenvalue weighted by molar-refractivity contribution is 5.89. The Bertz CT molecular complexity index is 413. The molecule has 1 aliphatic rings. The number of aromatic carboxylic acids is 1. The molecule has 0 amide bonds. The highest BCUT2D eigenvalue weighted by atomic mass is 16.4. The molecule has 0 aliphatic heterocycles. The van der Waals surface area contributed by atoms with Gasteiger partial charge >= 0.3 is 5.97 Å². The van der Waals surface area contributed by atoms with Gasteiger partial charge in [0.05, 0.1) is 11.4 Å². The largest absolute Gasteiger partial charge is 0.478 e. The van der Waals surface area contributed by atoms with Crippen molar-refractivity contribution in [2.24, 2.45) is 0 Å². The summed E-state index contributed by atoms with van der Waals surface area (Å²) in [5, 5.41) is 8.98. The van der Waals surface area contributed by atoms with E-state index in [0.717, 1.165) is 18.7 Å². The van der Waals surface area contributed by atoms with Crippen LogP contribution in [0.25, 0.3) is 0 Å². The van der Waals surface area contributed by atoms with Gasteiger partial charge in [0.25, 0.3) is 0 Å². The molecule has 2 rings (SSSR count). The molecule has 0 atom stereocenters. The Balaban J connectivity index is 2.52. The summed E-state index contributed by atoms with van der Waals surface area (Å²) < 4.78 is 0. The predicted molar refractivity (Wildman–Crippen MR) is 55.1 cm³/mol. The average Bonchev–Trinajstić information content (AvgIpc) is 2.82. The van der Waals surface area contributed by atoms with Gasteiger partial charge in [0.1, 0.15) is 11.4 Å². The summed E-state index contributed by atoms with van der Waals surface area (Å²) >= 11 is 0. The first-order chi connectivity index (χ1) is 6.94. The first-order valence-corrected chi connectivity index (χ1v) is 5.03. The van der Waals surface area contributed by atoms with Crippen molar-refractivity contribution in [1.29, 1.82) is 0 Å². The van der Waals surface area contributed by atoms with Gasteiger partial charge in [0.2, 0.25) is 0 Å². The number of hydrogen-bond acceptors (Lipinski definition) is 3. The van der Waals surface area contributed by atoms with Crippen molar-refractivity contribution >= 4 is 5.97 Å². The monoisotopic (exact) mass is 206 g/mol. The van der Waals surface area contributed by atoms with E-state index in [-0.39, 0.29) is 11.0 Å². The maximum atomic E-state index is 10.9. The minimum Gasteiger partial charge on any atom is -0.478 e. The van der Waals surface area contributed by atoms with E-state index in [0.29, 0.717) is 11.4 Å². The van der Waals surface area contributed by atoms with Crippen molar-refractivity contribution in [3.05, 3.63) is 22.8 Å². The van der Waals surface area contributed by atoms with E-state index in [1.807, 2.05) is 0 Å². The highest BCUT2D eigenvalue weighted by Crippen LogP contribution is 2.46. The normalized spacial score (nSPS) is 17.5. The molecule has 4 nitrogen and oxygen atoms in total. The van der Waals surface area contributed by atoms with E-state index in [1.54, 1.807) is 13.8 Å². The SMILES string of the molecule is Cc1nc(C2(C)CC2)nc(C)c1C(=O)O. The van der Waals surface area contributed by atoms with Crippen LogP contribution in [-0.4, -0.2) is 21.0 Å². The second-order valence-corrected chi connectivity index (χ2v) is 4.46. The van der Waals surface area contributed by atoms with E-state index < -0.39 is 5.97 Å². The van der Waals surface area contributed by atoms with Crippen LogP contribution in [0.1, 0.15) is 47.3 Å². The molecule has 0 spiro atoms. The van der Waals surface area contributed by atoms with Crippen LogP contribution in [0.3, 0.4) is 0 Å². The van der Waals surface area contributed by atoms with Crippen LogP contribution in [0, 0.1) is 13.8 Å². The zero-order chi connectivity index (χ0) is 11.2. The molecule has 1 aliphatic carbocycles. The van der Waals surface area contributed by atoms with Gasteiger partial charge in [-0.05, 0) is 26.7 Å². The summed E-state index contributed by atoms with van der Waals surface area (Å²) in [7, 11) is 0. The topological polar surface area (TPSA) is 63.1 Å². The number of rotatable bonds is 2. The van der Waals surface area contributed by atoms with Crippen LogP contribution in [-0.2, 0) is 5.41 Å². The number of carboxylic acid groups (broad SMARTS) is 1. The molecule has 1 saturated carbocycles. The van der Waals surface area contributed by atoms with E-state index in [4.69, 9.17) is 5.11 Å². The lowest BCUT2D eigenvalue weighted by Gasteiger charge is -2.11. The maximum Gasteiger partial charge on any atom is 0.339 e. The molecule has 1 aromatic rings. The number of aromatic nitrogens is 2. The van der Waals surface area contributed by atoms with Crippen molar-refractivity contribution < 1.29 is 9.90 Å². The summed E-state index contributed by atoms with van der Waals surface area (Å²) in [6.07, 6.45) is 2.19. The second kappa shape index (κ2) is 3.02. The minimum absolute atomic E-state index is 0.0898. The highest BCUT2D eigenvalue weighted by Gasteiger charge is 2.42. The van der Waals surface area contributed by atoms with Gasteiger partial charge in [-0.15, -0.1) is 0 Å². The van der Waals surface area contributed by atoms with Crippen LogP contribution < -0.4 is 0 Å². The van der Waals surface area contributed by atoms with Crippen LogP contribution in [0.4, 0.5) is 0 Å². The molecule has 0 bridgehead atoms. The molecule has 15 heavy (non-hydrogen) atoms. The fraction of sp³-hybridized carbons (Fsp3) is 0.545. The minimum atomic E-state index is -0.947. The number of carbonyl (C=O) groups is 1. The van der Waals surface area contributed by atoms with E-state index >= 15 is 0 Å². The van der Waals surface area contributed by atoms with Crippen molar-refractivity contribution in [1.82, 2.24) is 9.97 Å². The molecule has 0 unspecified atom stereocenters. The average molecular weight is 206 g/mol. The van der Waals surface area contributed by atoms with Gasteiger partial charge in [-0.3, -0.25) is 0 Å². The molecule has 1 fully saturated rings. The van der Waals surface area contributed by atoms with Gasteiger partial charge in [0, 0.05) is 5.41 Å². The zero-order valence-electron chi connectivity index (χ0n) is 9.16. The smallest absolute Gasteiger partial charge is 0.339 e. The molecule has 0 aromatic carbocycles. The Morgan fingerprint density at radius 3 is 2.07 bits per heavy atom. The fourth-order valence-corrected chi connectivity index (χ4v) is 1.71. The maximum absolute atomic E-state index is 10.9. The molecule has 1 aromatic heterocycles. The number of hydrogen-bond donors (Lipinski definition) is 1. The van der Waals surface area contributed by atoms with Gasteiger partial charge in [-0.1, -0.05) is 6.92 Å². The zero-order valence-corrected chi connectivity index (χ0v) is 9.16. The van der Waals surface area contributed by atoms with E-state index in [2.05, 4.69) is 16.9 Å². The first kappa shape index (κ1) is 10.1. The van der Waals surface area contributed by atoms with Gasteiger partial charge in [-0.2, -0.15) is 0 Å². The molecular formula is C11H14N2O2. The Hall–Kier alpha value is -1.45. The third-order valence-corrected chi connectivity index (χ3v) is 3.02. The second-order valence-electron chi connectivity index (χ2n) is 4.46. The number of aryl methyl sites for hydroxylation is 2. The Morgan fingerprint density at radius 2 is 1.73 bits per heavy atom. The van der Waals surface area contributed by atoms with Crippen LogP contribution in [0.2, 0.25) is 0 Å². The lowest BCUT2D eigenvalue weighted by Crippen LogP contribution is -2.14. The van der Waals surface area contributed by atoms with Gasteiger partial charge < -0.3 is 5.11 Å². The van der Waals surface area contributed by atoms with Gasteiger partial charge in [0.15, 0.2) is 0 Å². The number of carboxylic acids is 1. The predicted octanol–water partition coefficient (Wildman–Crippen LogP) is 1.84. The lowest BCUT2D eigenvalue weighted by atomic mass is 10.1. The Labute approximate surface area is 88.4 Å². The van der Waals surface area contributed by atoms with Gasteiger partial charge in [-0.25, -0.2) is 14.8 Å². The molecule has 1 N–H and O–H groups in total. The molecule has 1 heterocycles. The number of nitrogens with zero attached hydrogens (tertiary/aromatic N) is 2. The Morgan fingerprint density at radius 1 is 1.27 bits per heavy atom. The Kier molecular flexibility index (Phi) is 2.03. The summed E-state index contributed by atoms with van der Waals surface area (Å²) in [6, 6.07) is 0. The quantitative estimate of drug-likeness (QED) is 0.802. The van der Waals surface area contributed by atoms with Crippen LogP contribution in [0.5, 0.6) is 0 Å². The van der Waals surface area contributed by atoms with E-state index in [9.17, 15) is 4.79 Å². The summed E-state index contributed by atoms with van der Waals surface area (Å²) in [5.74, 6) is -0.153. The van der Waals surface area contributed by atoms with Crippen molar-refractivity contribution in [2.45, 2.75) is 39.0 Å². The van der Waals surface area contributed by atoms with E-state index in [1.165, 1.54) is 0 Å². The molecular weight excluding hydrogens is 192 g/mol. The van der Waals surface area contributed by atoms with Crippen molar-refractivity contribution in [3.63, 3.8) is 0 Å². The lowest BCUT2D eigenvalue weighted by molar-refractivity contribution is 0.0694. The molecule has 0 radical (unpaired) electrons. The molecule has 4 heteroatoms. The summed E-state index contributed by atoms with van der Waals surface area (Å²) in [6.45, 7) is 5.57. The first-order valence-electron chi connectivity index (χ1n) is 5.03. The van der Waals surface area contributed by atoms with Crippen molar-refractivity contribution in [2.75, 3.05) is 0 Å². The van der Waals surface area contributed by atoms with Crippen LogP contribution in [0.15, 0.2) is 0 Å². The third-order valence-electron chi connectivity index (χ3n) is 3.02. The third kappa shape index (κ3) is 1.60.